The zero-order valence-electron chi connectivity index (χ0n) is 16.2. The molecule has 0 atom stereocenters. The van der Waals surface area contributed by atoms with Crippen molar-refractivity contribution < 1.29 is 14.3 Å². The number of ketones is 1. The summed E-state index contributed by atoms with van der Waals surface area (Å²) in [5, 5.41) is 0. The maximum absolute atomic E-state index is 13.8. The molecule has 0 aromatic heterocycles. The van der Waals surface area contributed by atoms with Crippen LogP contribution < -0.4 is 0 Å². The second-order valence-electron chi connectivity index (χ2n) is 7.18. The lowest BCUT2D eigenvalue weighted by Gasteiger charge is -2.33. The molecule has 0 aliphatic heterocycles. The summed E-state index contributed by atoms with van der Waals surface area (Å²) < 4.78 is 6.05. The van der Waals surface area contributed by atoms with Gasteiger partial charge in [0.15, 0.2) is 0 Å². The molecule has 3 aromatic rings. The summed E-state index contributed by atoms with van der Waals surface area (Å²) in [7, 11) is 0. The third-order valence-corrected chi connectivity index (χ3v) is 4.56. The van der Waals surface area contributed by atoms with Crippen LogP contribution in [0.25, 0.3) is 0 Å². The molecule has 142 valence electrons. The van der Waals surface area contributed by atoms with Crippen LogP contribution in [0.5, 0.6) is 0 Å². The lowest BCUT2D eigenvalue weighted by atomic mass is 9.79. The van der Waals surface area contributed by atoms with E-state index in [2.05, 4.69) is 0 Å². The highest BCUT2D eigenvalue weighted by atomic mass is 16.6. The Hall–Kier alpha value is -3.20. The summed E-state index contributed by atoms with van der Waals surface area (Å²) in [6.45, 7) is 3.90. The van der Waals surface area contributed by atoms with Crippen molar-refractivity contribution in [2.24, 2.45) is 5.92 Å². The number of hydrogen-bond donors (Lipinski definition) is 0. The van der Waals surface area contributed by atoms with E-state index in [-0.39, 0.29) is 18.1 Å². The second kappa shape index (κ2) is 8.66. The van der Waals surface area contributed by atoms with Gasteiger partial charge in [-0.25, -0.2) is 0 Å². The molecule has 0 unspecified atom stereocenters. The van der Waals surface area contributed by atoms with Gasteiger partial charge in [0.05, 0.1) is 0 Å². The monoisotopic (exact) mass is 372 g/mol. The largest absolute Gasteiger partial charge is 0.441 e. The standard InChI is InChI=1S/C25H24O3/c1-19(2)18-23(26)28-25(21-14-8-4-9-15-21,22-16-10-5-11-17-22)24(27)20-12-6-3-7-13-20/h3-17,19H,18H2,1-2H3. The summed E-state index contributed by atoms with van der Waals surface area (Å²) in [5.74, 6) is -0.529. The van der Waals surface area contributed by atoms with Gasteiger partial charge in [-0.05, 0) is 5.92 Å². The van der Waals surface area contributed by atoms with Crippen molar-refractivity contribution in [2.45, 2.75) is 25.9 Å². The minimum atomic E-state index is -1.53. The highest BCUT2D eigenvalue weighted by Crippen LogP contribution is 2.38. The smallest absolute Gasteiger partial charge is 0.307 e. The first kappa shape index (κ1) is 19.6. The van der Waals surface area contributed by atoms with E-state index >= 15 is 0 Å². The molecule has 0 N–H and O–H groups in total. The SMILES string of the molecule is CC(C)CC(=O)OC(C(=O)c1ccccc1)(c1ccccc1)c1ccccc1. The molecule has 0 saturated heterocycles. The molecule has 0 amide bonds. The average molecular weight is 372 g/mol. The molecule has 3 heteroatoms. The maximum atomic E-state index is 13.8. The normalized spacial score (nSPS) is 11.2. The van der Waals surface area contributed by atoms with E-state index < -0.39 is 11.6 Å². The van der Waals surface area contributed by atoms with Gasteiger partial charge in [-0.2, -0.15) is 0 Å². The Morgan fingerprint density at radius 2 is 1.18 bits per heavy atom. The third-order valence-electron chi connectivity index (χ3n) is 4.56. The van der Waals surface area contributed by atoms with E-state index in [1.807, 2.05) is 92.7 Å². The summed E-state index contributed by atoms with van der Waals surface area (Å²) in [4.78, 5) is 26.6. The fourth-order valence-electron chi connectivity index (χ4n) is 3.28. The van der Waals surface area contributed by atoms with Crippen molar-refractivity contribution in [2.75, 3.05) is 0 Å². The summed E-state index contributed by atoms with van der Waals surface area (Å²) in [6, 6.07) is 27.4. The third kappa shape index (κ3) is 4.04. The number of esters is 1. The van der Waals surface area contributed by atoms with E-state index in [9.17, 15) is 9.59 Å². The van der Waals surface area contributed by atoms with Gasteiger partial charge < -0.3 is 4.74 Å². The highest BCUT2D eigenvalue weighted by Gasteiger charge is 2.46. The van der Waals surface area contributed by atoms with Gasteiger partial charge in [0, 0.05) is 23.1 Å². The molecule has 0 aliphatic carbocycles. The first-order valence-electron chi connectivity index (χ1n) is 9.47. The van der Waals surface area contributed by atoms with Gasteiger partial charge >= 0.3 is 5.97 Å². The van der Waals surface area contributed by atoms with Crippen LogP contribution in [0.3, 0.4) is 0 Å². The van der Waals surface area contributed by atoms with Crippen LogP contribution in [0.4, 0.5) is 0 Å². The van der Waals surface area contributed by atoms with Crippen molar-refractivity contribution in [3.8, 4) is 0 Å². The Kier molecular flexibility index (Phi) is 6.05. The second-order valence-corrected chi connectivity index (χ2v) is 7.18. The molecule has 0 aliphatic rings. The first-order chi connectivity index (χ1) is 13.5. The summed E-state index contributed by atoms with van der Waals surface area (Å²) in [5.41, 5.74) is 0.224. The Labute approximate surface area is 166 Å². The van der Waals surface area contributed by atoms with E-state index in [0.29, 0.717) is 16.7 Å². The molecule has 0 heterocycles. The van der Waals surface area contributed by atoms with Crippen LogP contribution in [-0.4, -0.2) is 11.8 Å². The number of Topliss-reactive ketones (excluding diaryl/α,β-unsaturated/α-hetero) is 1. The van der Waals surface area contributed by atoms with Crippen LogP contribution in [-0.2, 0) is 15.1 Å². The quantitative estimate of drug-likeness (QED) is 0.412. The molecule has 0 bridgehead atoms. The van der Waals surface area contributed by atoms with Crippen LogP contribution in [0.15, 0.2) is 91.0 Å². The van der Waals surface area contributed by atoms with Gasteiger partial charge in [0.1, 0.15) is 0 Å². The number of benzene rings is 3. The van der Waals surface area contributed by atoms with Gasteiger partial charge in [0.25, 0.3) is 0 Å². The maximum Gasteiger partial charge on any atom is 0.307 e. The van der Waals surface area contributed by atoms with Gasteiger partial charge in [-0.15, -0.1) is 0 Å². The molecule has 3 aromatic carbocycles. The van der Waals surface area contributed by atoms with Crippen molar-refractivity contribution in [1.82, 2.24) is 0 Å². The average Bonchev–Trinajstić information content (AvgIpc) is 2.73. The van der Waals surface area contributed by atoms with E-state index in [4.69, 9.17) is 4.74 Å². The summed E-state index contributed by atoms with van der Waals surface area (Å²) >= 11 is 0. The van der Waals surface area contributed by atoms with Crippen molar-refractivity contribution in [3.63, 3.8) is 0 Å². The summed E-state index contributed by atoms with van der Waals surface area (Å²) in [6.07, 6.45) is 0.240. The van der Waals surface area contributed by atoms with Crippen molar-refractivity contribution in [3.05, 3.63) is 108 Å². The molecule has 0 radical (unpaired) electrons. The number of ether oxygens (including phenoxy) is 1. The van der Waals surface area contributed by atoms with Crippen LogP contribution in [0.1, 0.15) is 41.8 Å². The first-order valence-corrected chi connectivity index (χ1v) is 9.47. The molecule has 0 saturated carbocycles. The molecular weight excluding hydrogens is 348 g/mol. The molecule has 3 rings (SSSR count). The number of carbonyl (C=O) groups excluding carboxylic acids is 2. The van der Waals surface area contributed by atoms with Crippen molar-refractivity contribution in [1.29, 1.82) is 0 Å². The fourth-order valence-corrected chi connectivity index (χ4v) is 3.28. The molecule has 0 fully saturated rings. The highest BCUT2D eigenvalue weighted by molar-refractivity contribution is 6.06. The zero-order chi connectivity index (χ0) is 20.0. The Bertz CT molecular complexity index is 876. The lowest BCUT2D eigenvalue weighted by molar-refractivity contribution is -0.154. The Balaban J connectivity index is 2.23. The lowest BCUT2D eigenvalue weighted by Crippen LogP contribution is -2.42. The van der Waals surface area contributed by atoms with Crippen molar-refractivity contribution >= 4 is 11.8 Å². The molecule has 3 nitrogen and oxygen atoms in total. The number of hydrogen-bond acceptors (Lipinski definition) is 3. The van der Waals surface area contributed by atoms with Crippen LogP contribution in [0.2, 0.25) is 0 Å². The zero-order valence-corrected chi connectivity index (χ0v) is 16.2. The topological polar surface area (TPSA) is 43.4 Å². The predicted octanol–water partition coefficient (Wildman–Crippen LogP) is 5.40. The van der Waals surface area contributed by atoms with Crippen LogP contribution in [0, 0.1) is 5.92 Å². The minimum Gasteiger partial charge on any atom is -0.441 e. The van der Waals surface area contributed by atoms with E-state index in [0.717, 1.165) is 0 Å². The van der Waals surface area contributed by atoms with Gasteiger partial charge in [0.2, 0.25) is 11.4 Å². The van der Waals surface area contributed by atoms with Gasteiger partial charge in [-0.3, -0.25) is 9.59 Å². The Morgan fingerprint density at radius 3 is 1.61 bits per heavy atom. The fraction of sp³-hybridized carbons (Fsp3) is 0.200. The van der Waals surface area contributed by atoms with E-state index in [1.165, 1.54) is 0 Å². The molecular formula is C25H24O3. The van der Waals surface area contributed by atoms with Crippen LogP contribution >= 0.6 is 0 Å². The number of rotatable bonds is 7. The molecule has 0 spiro atoms. The van der Waals surface area contributed by atoms with Gasteiger partial charge in [-0.1, -0.05) is 105 Å². The number of carbonyl (C=O) groups is 2. The predicted molar refractivity (Wildman–Crippen MR) is 110 cm³/mol. The molecule has 28 heavy (non-hydrogen) atoms. The Morgan fingerprint density at radius 1 is 0.750 bits per heavy atom. The minimum absolute atomic E-state index is 0.128. The van der Waals surface area contributed by atoms with E-state index in [1.54, 1.807) is 12.1 Å².